The van der Waals surface area contributed by atoms with Crippen LogP contribution in [0.15, 0.2) is 24.3 Å². The Kier molecular flexibility index (Phi) is 7.13. The maximum absolute atomic E-state index is 12.8. The summed E-state index contributed by atoms with van der Waals surface area (Å²) in [6.45, 7) is 5.63. The average molecular weight is 392 g/mol. The fourth-order valence-corrected chi connectivity index (χ4v) is 4.41. The lowest BCUT2D eigenvalue weighted by Crippen LogP contribution is -2.58. The molecule has 3 rings (SSSR count). The SMILES string of the molecule is CCCNC(=O)[C@H](C1CCCC1)N1CCN(C(=O)c2ccc(Cl)cc2)CC1. The minimum Gasteiger partial charge on any atom is -0.355 e. The second kappa shape index (κ2) is 9.56. The van der Waals surface area contributed by atoms with Crippen LogP contribution in [0, 0.1) is 5.92 Å². The maximum atomic E-state index is 12.8. The molecule has 1 atom stereocenters. The second-order valence-electron chi connectivity index (χ2n) is 7.62. The van der Waals surface area contributed by atoms with E-state index in [0.717, 1.165) is 38.9 Å². The topological polar surface area (TPSA) is 52.7 Å². The lowest BCUT2D eigenvalue weighted by atomic mass is 9.95. The molecule has 1 aliphatic heterocycles. The van der Waals surface area contributed by atoms with Crippen molar-refractivity contribution in [2.75, 3.05) is 32.7 Å². The van der Waals surface area contributed by atoms with Gasteiger partial charge in [0.15, 0.2) is 0 Å². The van der Waals surface area contributed by atoms with Crippen molar-refractivity contribution in [2.24, 2.45) is 5.92 Å². The van der Waals surface area contributed by atoms with E-state index in [1.165, 1.54) is 12.8 Å². The number of hydrogen-bond acceptors (Lipinski definition) is 3. The Balaban J connectivity index is 1.61. The molecule has 27 heavy (non-hydrogen) atoms. The van der Waals surface area contributed by atoms with Crippen LogP contribution in [0.1, 0.15) is 49.4 Å². The maximum Gasteiger partial charge on any atom is 0.253 e. The van der Waals surface area contributed by atoms with Crippen LogP contribution in [0.25, 0.3) is 0 Å². The van der Waals surface area contributed by atoms with E-state index >= 15 is 0 Å². The summed E-state index contributed by atoms with van der Waals surface area (Å²) < 4.78 is 0. The summed E-state index contributed by atoms with van der Waals surface area (Å²) in [7, 11) is 0. The number of halogens is 1. The van der Waals surface area contributed by atoms with Gasteiger partial charge in [0.1, 0.15) is 0 Å². The van der Waals surface area contributed by atoms with E-state index in [4.69, 9.17) is 11.6 Å². The number of carbonyl (C=O) groups excluding carboxylic acids is 2. The molecule has 0 unspecified atom stereocenters. The standard InChI is InChI=1S/C21H30ClN3O2/c1-2-11-23-20(26)19(16-5-3-4-6-16)24-12-14-25(15-13-24)21(27)17-7-9-18(22)10-8-17/h7-10,16,19H,2-6,11-15H2,1H3,(H,23,26)/t19-/m0/s1. The monoisotopic (exact) mass is 391 g/mol. The van der Waals surface area contributed by atoms with Crippen molar-refractivity contribution in [3.05, 3.63) is 34.9 Å². The van der Waals surface area contributed by atoms with Crippen LogP contribution in [0.3, 0.4) is 0 Å². The van der Waals surface area contributed by atoms with Gasteiger partial charge in [-0.2, -0.15) is 0 Å². The van der Waals surface area contributed by atoms with Crippen LogP contribution in [0.4, 0.5) is 0 Å². The first-order valence-corrected chi connectivity index (χ1v) is 10.5. The number of amides is 2. The first kappa shape index (κ1) is 20.2. The molecule has 1 heterocycles. The van der Waals surface area contributed by atoms with Gasteiger partial charge in [-0.15, -0.1) is 0 Å². The summed E-state index contributed by atoms with van der Waals surface area (Å²) in [6, 6.07) is 7.00. The molecule has 1 saturated carbocycles. The lowest BCUT2D eigenvalue weighted by Gasteiger charge is -2.40. The van der Waals surface area contributed by atoms with Crippen LogP contribution >= 0.6 is 11.6 Å². The third kappa shape index (κ3) is 5.02. The van der Waals surface area contributed by atoms with E-state index < -0.39 is 0 Å². The van der Waals surface area contributed by atoms with Crippen molar-refractivity contribution in [3.63, 3.8) is 0 Å². The number of hydrogen-bond donors (Lipinski definition) is 1. The summed E-state index contributed by atoms with van der Waals surface area (Å²) >= 11 is 5.91. The van der Waals surface area contributed by atoms with E-state index in [1.807, 2.05) is 4.90 Å². The van der Waals surface area contributed by atoms with E-state index in [2.05, 4.69) is 17.1 Å². The van der Waals surface area contributed by atoms with Crippen molar-refractivity contribution in [1.29, 1.82) is 0 Å². The van der Waals surface area contributed by atoms with E-state index in [1.54, 1.807) is 24.3 Å². The molecule has 1 aromatic carbocycles. The molecule has 148 valence electrons. The van der Waals surface area contributed by atoms with Gasteiger partial charge in [-0.1, -0.05) is 31.4 Å². The van der Waals surface area contributed by atoms with E-state index in [0.29, 0.717) is 29.6 Å². The number of benzene rings is 1. The smallest absolute Gasteiger partial charge is 0.253 e. The zero-order valence-corrected chi connectivity index (χ0v) is 16.9. The number of rotatable bonds is 6. The highest BCUT2D eigenvalue weighted by Crippen LogP contribution is 2.31. The average Bonchev–Trinajstić information content (AvgIpc) is 3.21. The Labute approximate surface area is 167 Å². The normalized spacial score (nSPS) is 19.9. The van der Waals surface area contributed by atoms with Crippen LogP contribution in [0.5, 0.6) is 0 Å². The first-order valence-electron chi connectivity index (χ1n) is 10.2. The molecule has 0 aromatic heterocycles. The largest absolute Gasteiger partial charge is 0.355 e. The van der Waals surface area contributed by atoms with Crippen LogP contribution in [-0.4, -0.2) is 60.4 Å². The van der Waals surface area contributed by atoms with Crippen molar-refractivity contribution < 1.29 is 9.59 Å². The number of piperazine rings is 1. The Hall–Kier alpha value is -1.59. The van der Waals surface area contributed by atoms with Crippen LogP contribution < -0.4 is 5.32 Å². The van der Waals surface area contributed by atoms with E-state index in [9.17, 15) is 9.59 Å². The van der Waals surface area contributed by atoms with Gasteiger partial charge >= 0.3 is 0 Å². The van der Waals surface area contributed by atoms with E-state index in [-0.39, 0.29) is 17.9 Å². The highest BCUT2D eigenvalue weighted by molar-refractivity contribution is 6.30. The molecule has 2 amide bonds. The molecule has 0 radical (unpaired) electrons. The van der Waals surface area contributed by atoms with Gasteiger partial charge in [-0.25, -0.2) is 0 Å². The van der Waals surface area contributed by atoms with Gasteiger partial charge in [-0.05, 0) is 49.4 Å². The number of nitrogens with one attached hydrogen (secondary N) is 1. The highest BCUT2D eigenvalue weighted by atomic mass is 35.5. The quantitative estimate of drug-likeness (QED) is 0.810. The molecule has 1 saturated heterocycles. The van der Waals surface area contributed by atoms with Gasteiger partial charge < -0.3 is 10.2 Å². The zero-order chi connectivity index (χ0) is 19.2. The molecular formula is C21H30ClN3O2. The predicted octanol–water partition coefficient (Wildman–Crippen LogP) is 3.18. The van der Waals surface area contributed by atoms with Crippen molar-refractivity contribution in [1.82, 2.24) is 15.1 Å². The van der Waals surface area contributed by atoms with Crippen molar-refractivity contribution >= 4 is 23.4 Å². The summed E-state index contributed by atoms with van der Waals surface area (Å²) in [6.07, 6.45) is 5.66. The van der Waals surface area contributed by atoms with Gasteiger partial charge in [0.05, 0.1) is 6.04 Å². The third-order valence-electron chi connectivity index (χ3n) is 5.75. The van der Waals surface area contributed by atoms with Crippen molar-refractivity contribution in [2.45, 2.75) is 45.1 Å². The predicted molar refractivity (Wildman–Crippen MR) is 108 cm³/mol. The van der Waals surface area contributed by atoms with Crippen molar-refractivity contribution in [3.8, 4) is 0 Å². The third-order valence-corrected chi connectivity index (χ3v) is 6.00. The summed E-state index contributed by atoms with van der Waals surface area (Å²) in [5, 5.41) is 3.73. The molecule has 2 aliphatic rings. The molecule has 6 heteroatoms. The minimum atomic E-state index is -0.0492. The van der Waals surface area contributed by atoms with Crippen LogP contribution in [-0.2, 0) is 4.79 Å². The Morgan fingerprint density at radius 2 is 1.74 bits per heavy atom. The molecule has 1 aromatic rings. The summed E-state index contributed by atoms with van der Waals surface area (Å²) in [5.74, 6) is 0.653. The van der Waals surface area contributed by atoms with Crippen LogP contribution in [0.2, 0.25) is 5.02 Å². The highest BCUT2D eigenvalue weighted by Gasteiger charge is 2.37. The molecule has 1 N–H and O–H groups in total. The Morgan fingerprint density at radius 1 is 1.11 bits per heavy atom. The number of carbonyl (C=O) groups is 2. The van der Waals surface area contributed by atoms with Gasteiger partial charge in [0.25, 0.3) is 5.91 Å². The summed E-state index contributed by atoms with van der Waals surface area (Å²) in [5.41, 5.74) is 0.667. The fourth-order valence-electron chi connectivity index (χ4n) is 4.28. The second-order valence-corrected chi connectivity index (χ2v) is 8.05. The molecule has 5 nitrogen and oxygen atoms in total. The molecule has 2 fully saturated rings. The zero-order valence-electron chi connectivity index (χ0n) is 16.1. The number of nitrogens with zero attached hydrogens (tertiary/aromatic N) is 2. The lowest BCUT2D eigenvalue weighted by molar-refractivity contribution is -0.129. The minimum absolute atomic E-state index is 0.0409. The van der Waals surface area contributed by atoms with Gasteiger partial charge in [0.2, 0.25) is 5.91 Å². The first-order chi connectivity index (χ1) is 13.1. The Bertz CT molecular complexity index is 635. The molecule has 1 aliphatic carbocycles. The molecular weight excluding hydrogens is 362 g/mol. The summed E-state index contributed by atoms with van der Waals surface area (Å²) in [4.78, 5) is 29.7. The fraction of sp³-hybridized carbons (Fsp3) is 0.619. The molecule has 0 bridgehead atoms. The molecule has 0 spiro atoms. The van der Waals surface area contributed by atoms with Gasteiger partial charge in [0, 0.05) is 43.3 Å². The Morgan fingerprint density at radius 3 is 2.33 bits per heavy atom. The van der Waals surface area contributed by atoms with Gasteiger partial charge in [-0.3, -0.25) is 14.5 Å².